The SMILES string of the molecule is CC(C)=CCC/C(C)=C/COC[O]. The Kier molecular flexibility index (Phi) is 7.65. The van der Waals surface area contributed by atoms with E-state index in [0.717, 1.165) is 12.8 Å². The predicted molar refractivity (Wildman–Crippen MR) is 53.9 cm³/mol. The van der Waals surface area contributed by atoms with Gasteiger partial charge < -0.3 is 4.74 Å². The maximum Gasteiger partial charge on any atom is 0.181 e. The van der Waals surface area contributed by atoms with Crippen LogP contribution in [0.4, 0.5) is 0 Å². The predicted octanol–water partition coefficient (Wildman–Crippen LogP) is 3.08. The van der Waals surface area contributed by atoms with E-state index in [9.17, 15) is 5.11 Å². The maximum atomic E-state index is 9.95. The highest BCUT2D eigenvalue weighted by molar-refractivity contribution is 5.02. The molecule has 1 radical (unpaired) electrons. The average molecular weight is 183 g/mol. The van der Waals surface area contributed by atoms with Crippen LogP contribution in [0, 0.1) is 0 Å². The van der Waals surface area contributed by atoms with Gasteiger partial charge >= 0.3 is 0 Å². The Balaban J connectivity index is 3.55. The van der Waals surface area contributed by atoms with E-state index in [0.29, 0.717) is 6.61 Å². The van der Waals surface area contributed by atoms with E-state index in [2.05, 4.69) is 31.6 Å². The van der Waals surface area contributed by atoms with Crippen molar-refractivity contribution in [2.24, 2.45) is 0 Å². The number of ether oxygens (including phenoxy) is 1. The lowest BCUT2D eigenvalue weighted by Crippen LogP contribution is -1.91. The van der Waals surface area contributed by atoms with Crippen LogP contribution in [0.3, 0.4) is 0 Å². The van der Waals surface area contributed by atoms with Crippen LogP contribution in [0.1, 0.15) is 33.6 Å². The van der Waals surface area contributed by atoms with Crippen molar-refractivity contribution in [1.82, 2.24) is 0 Å². The van der Waals surface area contributed by atoms with E-state index < -0.39 is 6.79 Å². The Hall–Kier alpha value is -0.600. The molecule has 0 atom stereocenters. The van der Waals surface area contributed by atoms with Crippen molar-refractivity contribution >= 4 is 0 Å². The lowest BCUT2D eigenvalue weighted by Gasteiger charge is -1.98. The highest BCUT2D eigenvalue weighted by Crippen LogP contribution is 2.06. The van der Waals surface area contributed by atoms with Crippen LogP contribution in [0.5, 0.6) is 0 Å². The summed E-state index contributed by atoms with van der Waals surface area (Å²) in [6, 6.07) is 0. The first-order valence-corrected chi connectivity index (χ1v) is 4.61. The normalized spacial score (nSPS) is 11.5. The summed E-state index contributed by atoms with van der Waals surface area (Å²) in [7, 11) is 0. The van der Waals surface area contributed by atoms with Gasteiger partial charge in [0.1, 0.15) is 0 Å². The summed E-state index contributed by atoms with van der Waals surface area (Å²) in [4.78, 5) is 0. The largest absolute Gasteiger partial charge is 0.348 e. The molecule has 0 aliphatic carbocycles. The standard InChI is InChI=1S/C11H19O2/c1-10(2)5-4-6-11(3)7-8-13-9-12/h5,7H,4,6,8-9H2,1-3H3/b11-7+. The van der Waals surface area contributed by atoms with Gasteiger partial charge in [-0.1, -0.05) is 23.3 Å². The molecule has 0 unspecified atom stereocenters. The second-order valence-electron chi connectivity index (χ2n) is 3.36. The first-order valence-electron chi connectivity index (χ1n) is 4.61. The number of allylic oxidation sites excluding steroid dienone is 3. The van der Waals surface area contributed by atoms with Crippen molar-refractivity contribution in [3.05, 3.63) is 23.3 Å². The molecule has 0 aromatic rings. The Morgan fingerprint density at radius 2 is 1.92 bits per heavy atom. The minimum atomic E-state index is -0.447. The van der Waals surface area contributed by atoms with Crippen LogP contribution >= 0.6 is 0 Å². The molecule has 0 aromatic heterocycles. The smallest absolute Gasteiger partial charge is 0.181 e. The molecule has 0 fully saturated rings. The summed E-state index contributed by atoms with van der Waals surface area (Å²) in [5.41, 5.74) is 2.63. The maximum absolute atomic E-state index is 9.95. The summed E-state index contributed by atoms with van der Waals surface area (Å²) >= 11 is 0. The van der Waals surface area contributed by atoms with E-state index in [1.54, 1.807) is 0 Å². The first-order chi connectivity index (χ1) is 6.16. The molecule has 0 aliphatic rings. The summed E-state index contributed by atoms with van der Waals surface area (Å²) < 4.78 is 4.68. The zero-order valence-corrected chi connectivity index (χ0v) is 8.80. The Labute approximate surface area is 80.9 Å². The number of hydrogen-bond donors (Lipinski definition) is 0. The van der Waals surface area contributed by atoms with E-state index in [1.165, 1.54) is 11.1 Å². The third-order valence-electron chi connectivity index (χ3n) is 1.72. The Morgan fingerprint density at radius 3 is 2.46 bits per heavy atom. The number of hydrogen-bond acceptors (Lipinski definition) is 1. The van der Waals surface area contributed by atoms with E-state index in [4.69, 9.17) is 0 Å². The Morgan fingerprint density at radius 1 is 1.23 bits per heavy atom. The average Bonchev–Trinajstić information content (AvgIpc) is 2.04. The van der Waals surface area contributed by atoms with Crippen molar-refractivity contribution in [2.45, 2.75) is 33.6 Å². The van der Waals surface area contributed by atoms with Gasteiger partial charge in [-0.3, -0.25) is 0 Å². The van der Waals surface area contributed by atoms with Crippen LogP contribution in [0.15, 0.2) is 23.3 Å². The molecule has 2 nitrogen and oxygen atoms in total. The fourth-order valence-corrected chi connectivity index (χ4v) is 0.940. The molecule has 0 spiro atoms. The third-order valence-corrected chi connectivity index (χ3v) is 1.72. The summed E-state index contributed by atoms with van der Waals surface area (Å²) in [5.74, 6) is 0. The Bertz CT molecular complexity index is 177. The van der Waals surface area contributed by atoms with E-state index in [1.807, 2.05) is 6.08 Å². The van der Waals surface area contributed by atoms with Crippen molar-refractivity contribution in [1.29, 1.82) is 0 Å². The van der Waals surface area contributed by atoms with Gasteiger partial charge in [0.05, 0.1) is 6.61 Å². The molecule has 0 saturated heterocycles. The fourth-order valence-electron chi connectivity index (χ4n) is 0.940. The molecular formula is C11H19O2. The van der Waals surface area contributed by atoms with Gasteiger partial charge in [-0.05, 0) is 33.6 Å². The van der Waals surface area contributed by atoms with Crippen molar-refractivity contribution in [3.63, 3.8) is 0 Å². The van der Waals surface area contributed by atoms with Crippen LogP contribution in [0.25, 0.3) is 0 Å². The second kappa shape index (κ2) is 8.02. The quantitative estimate of drug-likeness (QED) is 0.353. The monoisotopic (exact) mass is 183 g/mol. The molecule has 2 heteroatoms. The molecule has 0 rings (SSSR count). The molecule has 0 bridgehead atoms. The molecule has 0 saturated carbocycles. The lowest BCUT2D eigenvalue weighted by atomic mass is 10.1. The molecule has 75 valence electrons. The van der Waals surface area contributed by atoms with Crippen molar-refractivity contribution in [3.8, 4) is 0 Å². The van der Waals surface area contributed by atoms with Crippen LogP contribution in [-0.4, -0.2) is 13.4 Å². The fraction of sp³-hybridized carbons (Fsp3) is 0.636. The molecular weight excluding hydrogens is 164 g/mol. The zero-order valence-electron chi connectivity index (χ0n) is 8.80. The van der Waals surface area contributed by atoms with E-state index in [-0.39, 0.29) is 0 Å². The van der Waals surface area contributed by atoms with Gasteiger partial charge in [0.2, 0.25) is 0 Å². The van der Waals surface area contributed by atoms with E-state index >= 15 is 0 Å². The second-order valence-corrected chi connectivity index (χ2v) is 3.36. The zero-order chi connectivity index (χ0) is 10.1. The number of rotatable bonds is 6. The summed E-state index contributed by atoms with van der Waals surface area (Å²) in [6.45, 7) is 6.26. The van der Waals surface area contributed by atoms with Crippen molar-refractivity contribution in [2.75, 3.05) is 13.4 Å². The van der Waals surface area contributed by atoms with Crippen LogP contribution in [0.2, 0.25) is 0 Å². The van der Waals surface area contributed by atoms with Crippen molar-refractivity contribution < 1.29 is 9.84 Å². The molecule has 0 amide bonds. The molecule has 0 aromatic carbocycles. The van der Waals surface area contributed by atoms with Gasteiger partial charge in [-0.2, -0.15) is 0 Å². The molecule has 0 N–H and O–H groups in total. The van der Waals surface area contributed by atoms with Crippen LogP contribution < -0.4 is 0 Å². The first kappa shape index (κ1) is 12.4. The van der Waals surface area contributed by atoms with Gasteiger partial charge in [-0.25, -0.2) is 5.11 Å². The summed E-state index contributed by atoms with van der Waals surface area (Å²) in [6.07, 6.45) is 6.30. The molecule has 13 heavy (non-hydrogen) atoms. The summed E-state index contributed by atoms with van der Waals surface area (Å²) in [5, 5.41) is 9.95. The molecule has 0 aliphatic heterocycles. The minimum Gasteiger partial charge on any atom is -0.348 e. The third kappa shape index (κ3) is 9.31. The minimum absolute atomic E-state index is 0.447. The topological polar surface area (TPSA) is 29.1 Å². The van der Waals surface area contributed by atoms with Gasteiger partial charge in [0, 0.05) is 0 Å². The lowest BCUT2D eigenvalue weighted by molar-refractivity contribution is -0.0323. The highest BCUT2D eigenvalue weighted by atomic mass is 16.6. The molecule has 0 heterocycles. The highest BCUT2D eigenvalue weighted by Gasteiger charge is 1.88. The van der Waals surface area contributed by atoms with Gasteiger partial charge in [0.15, 0.2) is 6.79 Å². The van der Waals surface area contributed by atoms with Gasteiger partial charge in [-0.15, -0.1) is 0 Å². The van der Waals surface area contributed by atoms with Crippen LogP contribution in [-0.2, 0) is 9.84 Å². The van der Waals surface area contributed by atoms with Gasteiger partial charge in [0.25, 0.3) is 0 Å².